The number of fused-ring (bicyclic) bond motifs is 1. The number of rotatable bonds is 10. The highest BCUT2D eigenvalue weighted by Crippen LogP contribution is 2.39. The fraction of sp³-hybridized carbons (Fsp3) is 0.407. The fourth-order valence-corrected chi connectivity index (χ4v) is 4.24. The zero-order valence-corrected chi connectivity index (χ0v) is 21.6. The molecular weight excluding hydrogens is 476 g/mol. The molecule has 0 fully saturated rings. The normalized spacial score (nSPS) is 14.1. The third-order valence-electron chi connectivity index (χ3n) is 6.02. The van der Waals surface area contributed by atoms with Gasteiger partial charge in [0.15, 0.2) is 11.5 Å². The van der Waals surface area contributed by atoms with E-state index in [1.807, 2.05) is 50.2 Å². The van der Waals surface area contributed by atoms with Crippen molar-refractivity contribution in [1.82, 2.24) is 20.4 Å². The van der Waals surface area contributed by atoms with Gasteiger partial charge in [0, 0.05) is 19.7 Å². The van der Waals surface area contributed by atoms with Crippen molar-refractivity contribution in [2.75, 3.05) is 33.9 Å². The van der Waals surface area contributed by atoms with Crippen LogP contribution in [0.1, 0.15) is 49.0 Å². The van der Waals surface area contributed by atoms with Crippen LogP contribution < -0.4 is 14.8 Å². The van der Waals surface area contributed by atoms with Gasteiger partial charge in [-0.05, 0) is 55.5 Å². The Morgan fingerprint density at radius 3 is 2.65 bits per heavy atom. The lowest BCUT2D eigenvalue weighted by atomic mass is 10.0. The minimum Gasteiger partial charge on any atom is -0.490 e. The average molecular weight is 509 g/mol. The molecule has 0 radical (unpaired) electrons. The number of likely N-dealkylation sites (N-methyl/N-ethyl adjacent to an activating group) is 1. The predicted octanol–water partition coefficient (Wildman–Crippen LogP) is 3.93. The molecule has 0 saturated carbocycles. The van der Waals surface area contributed by atoms with E-state index in [1.165, 1.54) is 4.90 Å². The van der Waals surface area contributed by atoms with Crippen LogP contribution in [-0.4, -0.2) is 60.9 Å². The van der Waals surface area contributed by atoms with Crippen LogP contribution >= 0.6 is 0 Å². The van der Waals surface area contributed by atoms with Crippen molar-refractivity contribution in [1.29, 1.82) is 0 Å². The first-order chi connectivity index (χ1) is 17.9. The minimum absolute atomic E-state index is 0.114. The van der Waals surface area contributed by atoms with Crippen LogP contribution in [0.5, 0.6) is 11.5 Å². The van der Waals surface area contributed by atoms with Crippen LogP contribution in [0.4, 0.5) is 4.79 Å². The van der Waals surface area contributed by atoms with Gasteiger partial charge in [-0.15, -0.1) is 0 Å². The van der Waals surface area contributed by atoms with Crippen molar-refractivity contribution in [3.8, 4) is 22.9 Å². The molecule has 4 rings (SSSR count). The van der Waals surface area contributed by atoms with Gasteiger partial charge in [-0.1, -0.05) is 29.4 Å². The Balaban J connectivity index is 1.46. The topological polar surface area (TPSA) is 116 Å². The number of aromatic nitrogens is 2. The van der Waals surface area contributed by atoms with Crippen molar-refractivity contribution in [2.45, 2.75) is 39.2 Å². The second kappa shape index (κ2) is 11.8. The summed E-state index contributed by atoms with van der Waals surface area (Å²) in [5.74, 6) is 2.15. The average Bonchev–Trinajstić information content (AvgIpc) is 3.51. The highest BCUT2D eigenvalue weighted by Gasteiger charge is 2.29. The van der Waals surface area contributed by atoms with E-state index in [2.05, 4.69) is 15.5 Å². The Hall–Kier alpha value is -4.08. The lowest BCUT2D eigenvalue weighted by Gasteiger charge is -2.15. The van der Waals surface area contributed by atoms with E-state index in [9.17, 15) is 9.59 Å². The lowest BCUT2D eigenvalue weighted by Crippen LogP contribution is -2.36. The molecule has 1 N–H and O–H groups in total. The third-order valence-corrected chi connectivity index (χ3v) is 6.02. The zero-order chi connectivity index (χ0) is 26.4. The van der Waals surface area contributed by atoms with Crippen LogP contribution in [0.15, 0.2) is 40.9 Å². The Labute approximate surface area is 215 Å². The van der Waals surface area contributed by atoms with Crippen LogP contribution in [0, 0.1) is 0 Å². The molecule has 0 bridgehead atoms. The first-order valence-electron chi connectivity index (χ1n) is 12.4. The number of alkyl carbamates (subject to hydrolysis) is 1. The molecule has 1 aromatic heterocycles. The van der Waals surface area contributed by atoms with Crippen molar-refractivity contribution in [3.63, 3.8) is 0 Å². The molecule has 10 nitrogen and oxygen atoms in total. The highest BCUT2D eigenvalue weighted by molar-refractivity contribution is 5.82. The Morgan fingerprint density at radius 2 is 1.89 bits per heavy atom. The minimum atomic E-state index is -0.623. The summed E-state index contributed by atoms with van der Waals surface area (Å²) in [7, 11) is 3.26. The number of benzene rings is 2. The zero-order valence-electron chi connectivity index (χ0n) is 21.6. The molecule has 1 aliphatic rings. The number of ether oxygens (including phenoxy) is 3. The maximum absolute atomic E-state index is 12.2. The smallest absolute Gasteiger partial charge is 0.408 e. The van der Waals surface area contributed by atoms with E-state index in [1.54, 1.807) is 14.1 Å². The molecule has 0 spiro atoms. The Kier molecular flexibility index (Phi) is 8.27. The van der Waals surface area contributed by atoms with Crippen molar-refractivity contribution in [3.05, 3.63) is 59.0 Å². The van der Waals surface area contributed by atoms with Crippen LogP contribution in [0.25, 0.3) is 11.4 Å². The Morgan fingerprint density at radius 1 is 1.11 bits per heavy atom. The van der Waals surface area contributed by atoms with Gasteiger partial charge in [-0.3, -0.25) is 4.79 Å². The molecule has 3 aromatic rings. The largest absolute Gasteiger partial charge is 0.490 e. The first kappa shape index (κ1) is 26.0. The van der Waals surface area contributed by atoms with Gasteiger partial charge in [-0.25, -0.2) is 4.79 Å². The summed E-state index contributed by atoms with van der Waals surface area (Å²) < 4.78 is 22.5. The third kappa shape index (κ3) is 6.19. The number of nitrogens with one attached hydrogen (secondary N) is 1. The summed E-state index contributed by atoms with van der Waals surface area (Å²) in [6.45, 7) is 4.84. The summed E-state index contributed by atoms with van der Waals surface area (Å²) >= 11 is 0. The summed E-state index contributed by atoms with van der Waals surface area (Å²) in [6.07, 6.45) is 0.768. The van der Waals surface area contributed by atoms with Crippen LogP contribution in [-0.2, 0) is 22.4 Å². The van der Waals surface area contributed by atoms with Gasteiger partial charge in [0.2, 0.25) is 17.6 Å². The Bertz CT molecular complexity index is 1260. The van der Waals surface area contributed by atoms with Gasteiger partial charge in [0.05, 0.1) is 19.6 Å². The van der Waals surface area contributed by atoms with Gasteiger partial charge >= 0.3 is 6.09 Å². The number of nitrogens with zero attached hydrogens (tertiary/aromatic N) is 3. The summed E-state index contributed by atoms with van der Waals surface area (Å²) in [5, 5.41) is 6.72. The van der Waals surface area contributed by atoms with E-state index in [4.69, 9.17) is 18.7 Å². The van der Waals surface area contributed by atoms with Gasteiger partial charge < -0.3 is 29.0 Å². The standard InChI is InChI=1S/C27H32N4O6/c1-5-34-22-12-10-17(14-23(22)35-6-2)15-24-29-26(30-37-24)20-9-7-8-19-18(20)11-13-21(19)36-27(33)28-16-25(32)31(3)4/h7-10,12,14,21H,5-6,11,13,15-16H2,1-4H3,(H,28,33). The number of hydrogen-bond donors (Lipinski definition) is 1. The highest BCUT2D eigenvalue weighted by atomic mass is 16.6. The number of amides is 2. The van der Waals surface area contributed by atoms with E-state index in [-0.39, 0.29) is 12.5 Å². The molecule has 0 aliphatic heterocycles. The molecule has 1 aliphatic carbocycles. The lowest BCUT2D eigenvalue weighted by molar-refractivity contribution is -0.127. The van der Waals surface area contributed by atoms with Crippen molar-refractivity contribution in [2.24, 2.45) is 0 Å². The number of carbonyl (C=O) groups excluding carboxylic acids is 2. The number of carbonyl (C=O) groups is 2. The number of hydrogen-bond acceptors (Lipinski definition) is 8. The SMILES string of the molecule is CCOc1ccc(Cc2nc(-c3cccc4c3CCC4OC(=O)NCC(=O)N(C)C)no2)cc1OCC. The van der Waals surface area contributed by atoms with E-state index < -0.39 is 12.2 Å². The molecule has 2 aromatic carbocycles. The molecule has 196 valence electrons. The quantitative estimate of drug-likeness (QED) is 0.438. The maximum atomic E-state index is 12.2. The molecule has 2 amide bonds. The van der Waals surface area contributed by atoms with Crippen molar-refractivity contribution < 1.29 is 28.3 Å². The summed E-state index contributed by atoms with van der Waals surface area (Å²) in [4.78, 5) is 30.0. The molecule has 0 saturated heterocycles. The summed E-state index contributed by atoms with van der Waals surface area (Å²) in [6, 6.07) is 11.5. The van der Waals surface area contributed by atoms with Crippen LogP contribution in [0.2, 0.25) is 0 Å². The molecule has 37 heavy (non-hydrogen) atoms. The van der Waals surface area contributed by atoms with E-state index >= 15 is 0 Å². The predicted molar refractivity (Wildman–Crippen MR) is 136 cm³/mol. The molecule has 1 atom stereocenters. The van der Waals surface area contributed by atoms with Gasteiger partial charge in [-0.2, -0.15) is 4.98 Å². The molecule has 10 heteroatoms. The second-order valence-electron chi connectivity index (χ2n) is 8.78. The molecule has 1 unspecified atom stereocenters. The van der Waals surface area contributed by atoms with Crippen LogP contribution in [0.3, 0.4) is 0 Å². The monoisotopic (exact) mass is 508 g/mol. The van der Waals surface area contributed by atoms with Gasteiger partial charge in [0.1, 0.15) is 12.6 Å². The molecule has 1 heterocycles. The maximum Gasteiger partial charge on any atom is 0.408 e. The van der Waals surface area contributed by atoms with Gasteiger partial charge in [0.25, 0.3) is 0 Å². The summed E-state index contributed by atoms with van der Waals surface area (Å²) in [5.41, 5.74) is 3.75. The second-order valence-corrected chi connectivity index (χ2v) is 8.78. The first-order valence-corrected chi connectivity index (χ1v) is 12.4. The van der Waals surface area contributed by atoms with E-state index in [0.717, 1.165) is 22.3 Å². The molecular formula is C27H32N4O6. The van der Waals surface area contributed by atoms with E-state index in [0.29, 0.717) is 55.7 Å². The van der Waals surface area contributed by atoms with Crippen molar-refractivity contribution >= 4 is 12.0 Å². The fourth-order valence-electron chi connectivity index (χ4n) is 4.24.